The number of nitrogens with zero attached hydrogens (tertiary/aromatic N) is 2. The Bertz CT molecular complexity index is 308. The number of nitrogens with two attached hydrogens (primary N) is 1. The fourth-order valence-electron chi connectivity index (χ4n) is 1.11. The normalized spacial score (nSPS) is 12.5. The number of aromatic nitrogens is 2. The fourth-order valence-corrected chi connectivity index (χ4v) is 1.11. The number of anilines is 1. The van der Waals surface area contributed by atoms with Crippen LogP contribution in [0.15, 0.2) is 12.3 Å². The summed E-state index contributed by atoms with van der Waals surface area (Å²) in [5.74, 6) is 0.484. The first-order valence-electron chi connectivity index (χ1n) is 4.64. The summed E-state index contributed by atoms with van der Waals surface area (Å²) in [6, 6.07) is 1.76. The molecule has 0 fully saturated rings. The molecule has 0 aliphatic rings. The van der Waals surface area contributed by atoms with Gasteiger partial charge in [0.1, 0.15) is 0 Å². The van der Waals surface area contributed by atoms with Crippen LogP contribution in [0.4, 0.5) is 5.82 Å². The predicted octanol–water partition coefficient (Wildman–Crippen LogP) is 0.343. The molecule has 3 N–H and O–H groups in total. The molecule has 1 rings (SSSR count). The van der Waals surface area contributed by atoms with E-state index in [1.807, 2.05) is 6.92 Å². The third-order valence-electron chi connectivity index (χ3n) is 2.01. The Hall–Kier alpha value is -1.36. The van der Waals surface area contributed by atoms with Gasteiger partial charge in [0.25, 0.3) is 0 Å². The van der Waals surface area contributed by atoms with Gasteiger partial charge in [-0.25, -0.2) is 0 Å². The zero-order valence-electron chi connectivity index (χ0n) is 8.53. The second-order valence-corrected chi connectivity index (χ2v) is 3.34. The lowest BCUT2D eigenvalue weighted by Crippen LogP contribution is -2.22. The number of carbonyl (C=O) groups is 1. The lowest BCUT2D eigenvalue weighted by atomic mass is 10.1. The molecule has 0 aliphatic heterocycles. The maximum atomic E-state index is 11.5. The van der Waals surface area contributed by atoms with Gasteiger partial charge >= 0.3 is 0 Å². The van der Waals surface area contributed by atoms with E-state index in [-0.39, 0.29) is 11.8 Å². The maximum Gasteiger partial charge on any atom is 0.228 e. The molecular weight excluding hydrogens is 180 g/mol. The molecule has 0 saturated carbocycles. The highest BCUT2D eigenvalue weighted by Gasteiger charge is 2.12. The monoisotopic (exact) mass is 196 g/mol. The van der Waals surface area contributed by atoms with Crippen LogP contribution in [0, 0.1) is 5.92 Å². The van der Waals surface area contributed by atoms with Crippen molar-refractivity contribution < 1.29 is 4.79 Å². The van der Waals surface area contributed by atoms with Crippen molar-refractivity contribution in [3.05, 3.63) is 12.3 Å². The van der Waals surface area contributed by atoms with Gasteiger partial charge in [-0.3, -0.25) is 9.48 Å². The number of carbonyl (C=O) groups excluding carboxylic acids is 1. The molecule has 0 saturated heterocycles. The zero-order valence-corrected chi connectivity index (χ0v) is 8.53. The van der Waals surface area contributed by atoms with Crippen molar-refractivity contribution in [2.45, 2.75) is 13.3 Å². The molecule has 1 unspecified atom stereocenters. The van der Waals surface area contributed by atoms with Crippen molar-refractivity contribution in [3.63, 3.8) is 0 Å². The minimum Gasteiger partial charge on any atom is -0.330 e. The van der Waals surface area contributed by atoms with Gasteiger partial charge in [-0.1, -0.05) is 6.92 Å². The Kier molecular flexibility index (Phi) is 3.64. The summed E-state index contributed by atoms with van der Waals surface area (Å²) in [6.07, 6.45) is 2.47. The molecule has 0 aliphatic carbocycles. The highest BCUT2D eigenvalue weighted by atomic mass is 16.1. The highest BCUT2D eigenvalue weighted by Crippen LogP contribution is 2.06. The quantitative estimate of drug-likeness (QED) is 0.729. The van der Waals surface area contributed by atoms with Gasteiger partial charge in [-0.05, 0) is 13.0 Å². The van der Waals surface area contributed by atoms with Gasteiger partial charge in [0.2, 0.25) is 5.91 Å². The van der Waals surface area contributed by atoms with Crippen molar-refractivity contribution in [1.29, 1.82) is 0 Å². The van der Waals surface area contributed by atoms with Crippen LogP contribution in [0.5, 0.6) is 0 Å². The van der Waals surface area contributed by atoms with E-state index in [2.05, 4.69) is 10.4 Å². The van der Waals surface area contributed by atoms with Crippen LogP contribution >= 0.6 is 0 Å². The van der Waals surface area contributed by atoms with Crippen LogP contribution in [0.25, 0.3) is 0 Å². The lowest BCUT2D eigenvalue weighted by Gasteiger charge is -2.08. The van der Waals surface area contributed by atoms with Crippen LogP contribution in [-0.2, 0) is 11.8 Å². The van der Waals surface area contributed by atoms with E-state index in [9.17, 15) is 4.79 Å². The summed E-state index contributed by atoms with van der Waals surface area (Å²) in [5, 5.41) is 6.77. The van der Waals surface area contributed by atoms with Gasteiger partial charge in [0, 0.05) is 25.2 Å². The van der Waals surface area contributed by atoms with Crippen LogP contribution < -0.4 is 11.1 Å². The Balaban J connectivity index is 2.48. The standard InChI is InChI=1S/C9H16N4O/c1-7(3-5-10)9(14)11-8-4-6-13(2)12-8/h4,6-7H,3,5,10H2,1-2H3,(H,11,12,14). The smallest absolute Gasteiger partial charge is 0.228 e. The summed E-state index contributed by atoms with van der Waals surface area (Å²) in [5.41, 5.74) is 5.36. The van der Waals surface area contributed by atoms with Gasteiger partial charge in [0.05, 0.1) is 0 Å². The minimum absolute atomic E-state index is 0.0332. The molecule has 5 heteroatoms. The second-order valence-electron chi connectivity index (χ2n) is 3.34. The maximum absolute atomic E-state index is 11.5. The van der Waals surface area contributed by atoms with E-state index in [4.69, 9.17) is 5.73 Å². The van der Waals surface area contributed by atoms with E-state index >= 15 is 0 Å². The van der Waals surface area contributed by atoms with Gasteiger partial charge < -0.3 is 11.1 Å². The third-order valence-corrected chi connectivity index (χ3v) is 2.01. The Labute approximate surface area is 83.3 Å². The first-order valence-corrected chi connectivity index (χ1v) is 4.64. The summed E-state index contributed by atoms with van der Waals surface area (Å²) in [6.45, 7) is 2.38. The van der Waals surface area contributed by atoms with Crippen LogP contribution in [0.2, 0.25) is 0 Å². The van der Waals surface area contributed by atoms with Crippen molar-refractivity contribution in [1.82, 2.24) is 9.78 Å². The Morgan fingerprint density at radius 2 is 2.50 bits per heavy atom. The van der Waals surface area contributed by atoms with E-state index in [1.54, 1.807) is 24.0 Å². The number of aryl methyl sites for hydroxylation is 1. The first kappa shape index (κ1) is 10.7. The zero-order chi connectivity index (χ0) is 10.6. The van der Waals surface area contributed by atoms with Crippen molar-refractivity contribution >= 4 is 11.7 Å². The minimum atomic E-state index is -0.0676. The number of rotatable bonds is 4. The molecule has 0 radical (unpaired) electrons. The van der Waals surface area contributed by atoms with Crippen LogP contribution in [0.1, 0.15) is 13.3 Å². The molecule has 0 spiro atoms. The number of hydrogen-bond donors (Lipinski definition) is 2. The van der Waals surface area contributed by atoms with Gasteiger partial charge in [0.15, 0.2) is 5.82 Å². The molecular formula is C9H16N4O. The molecule has 1 aromatic heterocycles. The fraction of sp³-hybridized carbons (Fsp3) is 0.556. The van der Waals surface area contributed by atoms with Gasteiger partial charge in [-0.15, -0.1) is 0 Å². The molecule has 1 amide bonds. The first-order chi connectivity index (χ1) is 6.63. The number of nitrogens with one attached hydrogen (secondary N) is 1. The number of amides is 1. The van der Waals surface area contributed by atoms with Crippen LogP contribution in [0.3, 0.4) is 0 Å². The average Bonchev–Trinajstić information content (AvgIpc) is 2.51. The lowest BCUT2D eigenvalue weighted by molar-refractivity contribution is -0.119. The summed E-state index contributed by atoms with van der Waals surface area (Å²) in [7, 11) is 1.80. The van der Waals surface area contributed by atoms with E-state index in [0.717, 1.165) is 0 Å². The van der Waals surface area contributed by atoms with Crippen LogP contribution in [-0.4, -0.2) is 22.2 Å². The Morgan fingerprint density at radius 3 is 3.00 bits per heavy atom. The van der Waals surface area contributed by atoms with Crippen molar-refractivity contribution in [2.75, 3.05) is 11.9 Å². The van der Waals surface area contributed by atoms with Crippen molar-refractivity contribution in [2.24, 2.45) is 18.7 Å². The summed E-state index contributed by atoms with van der Waals surface area (Å²) >= 11 is 0. The van der Waals surface area contributed by atoms with Crippen molar-refractivity contribution in [3.8, 4) is 0 Å². The molecule has 1 heterocycles. The highest BCUT2D eigenvalue weighted by molar-refractivity contribution is 5.91. The summed E-state index contributed by atoms with van der Waals surface area (Å²) in [4.78, 5) is 11.5. The SMILES string of the molecule is CC(CCN)C(=O)Nc1ccn(C)n1. The third kappa shape index (κ3) is 2.85. The molecule has 0 aromatic carbocycles. The van der Waals surface area contributed by atoms with E-state index in [1.165, 1.54) is 0 Å². The molecule has 5 nitrogen and oxygen atoms in total. The average molecular weight is 196 g/mol. The second kappa shape index (κ2) is 4.76. The Morgan fingerprint density at radius 1 is 1.79 bits per heavy atom. The molecule has 78 valence electrons. The molecule has 1 atom stereocenters. The summed E-state index contributed by atoms with van der Waals surface area (Å²) < 4.78 is 1.64. The van der Waals surface area contributed by atoms with E-state index < -0.39 is 0 Å². The number of hydrogen-bond acceptors (Lipinski definition) is 3. The molecule has 0 bridgehead atoms. The molecule has 1 aromatic rings. The predicted molar refractivity (Wildman–Crippen MR) is 54.7 cm³/mol. The largest absolute Gasteiger partial charge is 0.330 e. The molecule has 14 heavy (non-hydrogen) atoms. The van der Waals surface area contributed by atoms with Gasteiger partial charge in [-0.2, -0.15) is 5.10 Å². The van der Waals surface area contributed by atoms with E-state index in [0.29, 0.717) is 18.8 Å². The topological polar surface area (TPSA) is 72.9 Å².